The molecule has 0 spiro atoms. The van der Waals surface area contributed by atoms with E-state index in [1.807, 2.05) is 0 Å². The summed E-state index contributed by atoms with van der Waals surface area (Å²) in [6.45, 7) is 2.07. The smallest absolute Gasteiger partial charge is 0.243 e. The van der Waals surface area contributed by atoms with E-state index in [4.69, 9.17) is 20.4 Å². The van der Waals surface area contributed by atoms with Crippen molar-refractivity contribution in [1.82, 2.24) is 9.97 Å². The van der Waals surface area contributed by atoms with Gasteiger partial charge in [-0.15, -0.1) is 0 Å². The number of ether oxygens (including phenoxy) is 2. The largest absolute Gasteiger partial charge is 0.476 e. The average Bonchev–Trinajstić information content (AvgIpc) is 2.45. The lowest BCUT2D eigenvalue weighted by molar-refractivity contribution is 0.0489. The summed E-state index contributed by atoms with van der Waals surface area (Å²) in [5.41, 5.74) is 5.76. The van der Waals surface area contributed by atoms with Crippen LogP contribution in [0, 0.1) is 5.92 Å². The summed E-state index contributed by atoms with van der Waals surface area (Å²) >= 11 is 0. The lowest BCUT2D eigenvalue weighted by Crippen LogP contribution is -2.23. The van der Waals surface area contributed by atoms with Crippen molar-refractivity contribution >= 4 is 5.84 Å². The Morgan fingerprint density at radius 2 is 2.17 bits per heavy atom. The number of hydrogen-bond donors (Lipinski definition) is 2. The molecule has 0 aromatic carbocycles. The topological polar surface area (TPSA) is 103 Å². The van der Waals surface area contributed by atoms with Crippen LogP contribution in [0.4, 0.5) is 0 Å². The Balaban J connectivity index is 2.00. The number of amidine groups is 1. The van der Waals surface area contributed by atoms with Gasteiger partial charge in [0.1, 0.15) is 0 Å². The van der Waals surface area contributed by atoms with Gasteiger partial charge in [0.25, 0.3) is 0 Å². The Bertz CT molecular complexity index is 419. The van der Waals surface area contributed by atoms with Crippen LogP contribution in [0.1, 0.15) is 18.5 Å². The van der Waals surface area contributed by atoms with Gasteiger partial charge in [-0.1, -0.05) is 5.16 Å². The first-order valence-corrected chi connectivity index (χ1v) is 5.80. The molecule has 0 unspecified atom stereocenters. The molecule has 1 fully saturated rings. The second-order valence-electron chi connectivity index (χ2n) is 4.06. The van der Waals surface area contributed by atoms with Crippen molar-refractivity contribution < 1.29 is 14.7 Å². The maximum atomic E-state index is 8.65. The summed E-state index contributed by atoms with van der Waals surface area (Å²) in [7, 11) is 0. The molecule has 18 heavy (non-hydrogen) atoms. The highest BCUT2D eigenvalue weighted by atomic mass is 16.5. The normalized spacial score (nSPS) is 17.7. The minimum absolute atomic E-state index is 0.106. The highest BCUT2D eigenvalue weighted by Gasteiger charge is 2.17. The standard InChI is InChI=1S/C11H16N4O3/c12-10(15-16)9-11(14-4-3-13-9)18-7-8-1-5-17-6-2-8/h3-4,8,16H,1-2,5-7H2,(H2,12,15). The fourth-order valence-electron chi connectivity index (χ4n) is 1.76. The minimum atomic E-state index is -0.106. The molecule has 7 nitrogen and oxygen atoms in total. The van der Waals surface area contributed by atoms with Crippen molar-refractivity contribution in [1.29, 1.82) is 0 Å². The molecular formula is C11H16N4O3. The first kappa shape index (κ1) is 12.6. The molecule has 0 saturated carbocycles. The van der Waals surface area contributed by atoms with Crippen molar-refractivity contribution in [3.8, 4) is 5.88 Å². The third-order valence-corrected chi connectivity index (χ3v) is 2.81. The van der Waals surface area contributed by atoms with Crippen LogP contribution in [0.25, 0.3) is 0 Å². The van der Waals surface area contributed by atoms with Gasteiger partial charge >= 0.3 is 0 Å². The van der Waals surface area contributed by atoms with E-state index in [1.165, 1.54) is 12.4 Å². The number of nitrogens with zero attached hydrogens (tertiary/aromatic N) is 3. The predicted octanol–water partition coefficient (Wildman–Crippen LogP) is 0.376. The van der Waals surface area contributed by atoms with Crippen molar-refractivity contribution in [2.75, 3.05) is 19.8 Å². The predicted molar refractivity (Wildman–Crippen MR) is 63.6 cm³/mol. The highest BCUT2D eigenvalue weighted by molar-refractivity contribution is 5.97. The molecule has 0 radical (unpaired) electrons. The fraction of sp³-hybridized carbons (Fsp3) is 0.545. The number of aromatic nitrogens is 2. The van der Waals surface area contributed by atoms with E-state index in [0.717, 1.165) is 26.1 Å². The lowest BCUT2D eigenvalue weighted by Gasteiger charge is -2.22. The number of hydrogen-bond acceptors (Lipinski definition) is 6. The van der Waals surface area contributed by atoms with E-state index in [-0.39, 0.29) is 11.5 Å². The van der Waals surface area contributed by atoms with Gasteiger partial charge < -0.3 is 20.4 Å². The number of nitrogens with two attached hydrogens (primary N) is 1. The lowest BCUT2D eigenvalue weighted by atomic mass is 10.0. The Morgan fingerprint density at radius 3 is 2.89 bits per heavy atom. The van der Waals surface area contributed by atoms with E-state index >= 15 is 0 Å². The van der Waals surface area contributed by atoms with Crippen LogP contribution in [0.15, 0.2) is 17.5 Å². The molecule has 0 aliphatic carbocycles. The highest BCUT2D eigenvalue weighted by Crippen LogP contribution is 2.18. The van der Waals surface area contributed by atoms with Gasteiger partial charge in [0.05, 0.1) is 6.61 Å². The zero-order valence-corrected chi connectivity index (χ0v) is 9.95. The summed E-state index contributed by atoms with van der Waals surface area (Å²) < 4.78 is 10.9. The van der Waals surface area contributed by atoms with Crippen LogP contribution in [0.5, 0.6) is 5.88 Å². The fourth-order valence-corrected chi connectivity index (χ4v) is 1.76. The monoisotopic (exact) mass is 252 g/mol. The molecule has 0 amide bonds. The number of rotatable bonds is 4. The maximum absolute atomic E-state index is 8.65. The molecule has 1 aromatic heterocycles. The van der Waals surface area contributed by atoms with Crippen molar-refractivity contribution in [3.63, 3.8) is 0 Å². The molecule has 98 valence electrons. The molecule has 0 atom stereocenters. The van der Waals surface area contributed by atoms with Gasteiger partial charge in [-0.25, -0.2) is 9.97 Å². The zero-order valence-electron chi connectivity index (χ0n) is 9.95. The quantitative estimate of drug-likeness (QED) is 0.347. The van der Waals surface area contributed by atoms with E-state index in [0.29, 0.717) is 18.4 Å². The second-order valence-corrected chi connectivity index (χ2v) is 4.06. The molecule has 2 rings (SSSR count). The van der Waals surface area contributed by atoms with Gasteiger partial charge in [0, 0.05) is 25.6 Å². The molecule has 1 aliphatic rings. The van der Waals surface area contributed by atoms with E-state index < -0.39 is 0 Å². The molecular weight excluding hydrogens is 236 g/mol. The van der Waals surface area contributed by atoms with Crippen molar-refractivity contribution in [2.45, 2.75) is 12.8 Å². The van der Waals surface area contributed by atoms with Gasteiger partial charge in [-0.2, -0.15) is 0 Å². The van der Waals surface area contributed by atoms with E-state index in [1.54, 1.807) is 0 Å². The minimum Gasteiger partial charge on any atom is -0.476 e. The van der Waals surface area contributed by atoms with Crippen LogP contribution in [-0.2, 0) is 4.74 Å². The van der Waals surface area contributed by atoms with Gasteiger partial charge in [-0.3, -0.25) is 0 Å². The Hall–Kier alpha value is -1.89. The van der Waals surface area contributed by atoms with Crippen molar-refractivity contribution in [3.05, 3.63) is 18.1 Å². The van der Waals surface area contributed by atoms with Crippen LogP contribution in [-0.4, -0.2) is 40.8 Å². The van der Waals surface area contributed by atoms with E-state index in [9.17, 15) is 0 Å². The van der Waals surface area contributed by atoms with Crippen LogP contribution in [0.3, 0.4) is 0 Å². The molecule has 1 aliphatic heterocycles. The summed E-state index contributed by atoms with van der Waals surface area (Å²) in [4.78, 5) is 8.03. The van der Waals surface area contributed by atoms with Crippen molar-refractivity contribution in [2.24, 2.45) is 16.8 Å². The van der Waals surface area contributed by atoms with Gasteiger partial charge in [-0.05, 0) is 18.8 Å². The molecule has 7 heteroatoms. The maximum Gasteiger partial charge on any atom is 0.243 e. The molecule has 3 N–H and O–H groups in total. The third kappa shape index (κ3) is 3.07. The Labute approximate surface area is 105 Å². The molecule has 1 saturated heterocycles. The van der Waals surface area contributed by atoms with Crippen LogP contribution >= 0.6 is 0 Å². The van der Waals surface area contributed by atoms with Crippen LogP contribution in [0.2, 0.25) is 0 Å². The van der Waals surface area contributed by atoms with Gasteiger partial charge in [0.2, 0.25) is 5.88 Å². The van der Waals surface area contributed by atoms with Crippen LogP contribution < -0.4 is 10.5 Å². The second kappa shape index (κ2) is 6.15. The zero-order chi connectivity index (χ0) is 12.8. The Morgan fingerprint density at radius 1 is 1.44 bits per heavy atom. The van der Waals surface area contributed by atoms with E-state index in [2.05, 4.69) is 15.1 Å². The SMILES string of the molecule is NC(=NO)c1nccnc1OCC1CCOCC1. The first-order valence-electron chi connectivity index (χ1n) is 5.80. The molecule has 2 heterocycles. The number of oxime groups is 1. The average molecular weight is 252 g/mol. The van der Waals surface area contributed by atoms with Gasteiger partial charge in [0.15, 0.2) is 11.5 Å². The third-order valence-electron chi connectivity index (χ3n) is 2.81. The first-order chi connectivity index (χ1) is 8.81. The summed E-state index contributed by atoms with van der Waals surface area (Å²) in [6.07, 6.45) is 4.92. The molecule has 0 bridgehead atoms. The summed E-state index contributed by atoms with van der Waals surface area (Å²) in [5.74, 6) is 0.630. The summed E-state index contributed by atoms with van der Waals surface area (Å²) in [6, 6.07) is 0. The summed E-state index contributed by atoms with van der Waals surface area (Å²) in [5, 5.41) is 11.6. The molecule has 1 aromatic rings. The Kier molecular flexibility index (Phi) is 4.30.